The molecule has 6 heteroatoms. The number of hydrogen-bond acceptors (Lipinski definition) is 4. The van der Waals surface area contributed by atoms with E-state index in [1.165, 1.54) is 23.3 Å². The lowest BCUT2D eigenvalue weighted by Gasteiger charge is -2.29. The molecule has 1 fully saturated rings. The Morgan fingerprint density at radius 1 is 1.06 bits per heavy atom. The number of anilines is 1. The van der Waals surface area contributed by atoms with Gasteiger partial charge in [0.25, 0.3) is 0 Å². The normalized spacial score (nSPS) is 18.9. The SMILES string of the molecule is Cc1ccccc1C1=NCC(=O)N(CC(=O)N2CCCCC2)c2sc3c(c21)CCCC3. The number of amides is 2. The van der Waals surface area contributed by atoms with Crippen molar-refractivity contribution in [1.82, 2.24) is 4.90 Å². The molecule has 0 unspecified atom stereocenters. The van der Waals surface area contributed by atoms with Gasteiger partial charge in [-0.2, -0.15) is 0 Å². The van der Waals surface area contributed by atoms with Crippen molar-refractivity contribution in [2.24, 2.45) is 4.99 Å². The molecule has 3 aliphatic rings. The second-order valence-corrected chi connectivity index (χ2v) is 9.88. The monoisotopic (exact) mass is 435 g/mol. The van der Waals surface area contributed by atoms with E-state index >= 15 is 0 Å². The maximum atomic E-state index is 13.2. The number of benzene rings is 1. The highest BCUT2D eigenvalue weighted by molar-refractivity contribution is 7.17. The van der Waals surface area contributed by atoms with Crippen LogP contribution in [0.3, 0.4) is 0 Å². The van der Waals surface area contributed by atoms with E-state index in [9.17, 15) is 9.59 Å². The summed E-state index contributed by atoms with van der Waals surface area (Å²) in [7, 11) is 0. The van der Waals surface area contributed by atoms with Crippen molar-refractivity contribution >= 4 is 33.9 Å². The van der Waals surface area contributed by atoms with Crippen molar-refractivity contribution in [3.05, 3.63) is 51.4 Å². The van der Waals surface area contributed by atoms with Gasteiger partial charge in [0.2, 0.25) is 11.8 Å². The lowest BCUT2D eigenvalue weighted by atomic mass is 9.90. The van der Waals surface area contributed by atoms with E-state index in [2.05, 4.69) is 19.1 Å². The summed E-state index contributed by atoms with van der Waals surface area (Å²) in [4.78, 5) is 36.2. The summed E-state index contributed by atoms with van der Waals surface area (Å²) in [5.74, 6) is -0.0153. The van der Waals surface area contributed by atoms with Crippen LogP contribution in [0.1, 0.15) is 59.2 Å². The van der Waals surface area contributed by atoms with Crippen LogP contribution in [-0.4, -0.2) is 48.6 Å². The molecule has 0 saturated carbocycles. The van der Waals surface area contributed by atoms with Gasteiger partial charge in [-0.15, -0.1) is 11.3 Å². The van der Waals surface area contributed by atoms with Crippen LogP contribution in [0.25, 0.3) is 0 Å². The van der Waals surface area contributed by atoms with Gasteiger partial charge < -0.3 is 4.90 Å². The van der Waals surface area contributed by atoms with E-state index in [1.54, 1.807) is 16.2 Å². The third-order valence-corrected chi connectivity index (χ3v) is 8.03. The molecule has 2 amide bonds. The van der Waals surface area contributed by atoms with Gasteiger partial charge in [-0.05, 0) is 63.0 Å². The standard InChI is InChI=1S/C25H29N3O2S/c1-17-9-3-4-10-18(17)24-23-19-11-5-6-12-20(19)31-25(23)28(21(29)15-26-24)16-22(30)27-13-7-2-8-14-27/h3-4,9-10H,2,5-8,11-16H2,1H3. The molecule has 2 aromatic rings. The number of likely N-dealkylation sites (tertiary alicyclic amines) is 1. The van der Waals surface area contributed by atoms with E-state index in [0.717, 1.165) is 72.6 Å². The molecule has 31 heavy (non-hydrogen) atoms. The van der Waals surface area contributed by atoms with Crippen molar-refractivity contribution in [1.29, 1.82) is 0 Å². The molecule has 0 atom stereocenters. The molecular formula is C25H29N3O2S. The smallest absolute Gasteiger partial charge is 0.249 e. The first-order chi connectivity index (χ1) is 15.1. The van der Waals surface area contributed by atoms with E-state index in [1.807, 2.05) is 17.0 Å². The molecule has 3 heterocycles. The number of thiophene rings is 1. The molecule has 1 aromatic carbocycles. The third-order valence-electron chi connectivity index (χ3n) is 6.71. The minimum atomic E-state index is -0.0752. The van der Waals surface area contributed by atoms with Crippen molar-refractivity contribution in [2.75, 3.05) is 31.1 Å². The molecule has 0 bridgehead atoms. The quantitative estimate of drug-likeness (QED) is 0.728. The van der Waals surface area contributed by atoms with Crippen LogP contribution in [0.2, 0.25) is 0 Å². The zero-order valence-electron chi connectivity index (χ0n) is 18.2. The molecule has 5 rings (SSSR count). The van der Waals surface area contributed by atoms with Gasteiger partial charge in [-0.3, -0.25) is 19.5 Å². The first-order valence-electron chi connectivity index (χ1n) is 11.5. The minimum absolute atomic E-state index is 0.0599. The van der Waals surface area contributed by atoms with Gasteiger partial charge in [-0.1, -0.05) is 24.3 Å². The highest BCUT2D eigenvalue weighted by atomic mass is 32.1. The van der Waals surface area contributed by atoms with E-state index in [4.69, 9.17) is 4.99 Å². The summed E-state index contributed by atoms with van der Waals surface area (Å²) >= 11 is 1.71. The number of hydrogen-bond donors (Lipinski definition) is 0. The number of piperidine rings is 1. The number of carbonyl (C=O) groups is 2. The molecule has 0 spiro atoms. The molecular weight excluding hydrogens is 406 g/mol. The Kier molecular flexibility index (Phi) is 5.65. The van der Waals surface area contributed by atoms with E-state index in [-0.39, 0.29) is 24.9 Å². The average Bonchev–Trinajstić information content (AvgIpc) is 3.12. The van der Waals surface area contributed by atoms with Gasteiger partial charge >= 0.3 is 0 Å². The Balaban J connectivity index is 1.58. The zero-order valence-corrected chi connectivity index (χ0v) is 19.0. The summed E-state index contributed by atoms with van der Waals surface area (Å²) in [6.07, 6.45) is 7.71. The zero-order chi connectivity index (χ0) is 21.4. The first kappa shape index (κ1) is 20.4. The number of aryl methyl sites for hydroxylation is 2. The van der Waals surface area contributed by atoms with Crippen LogP contribution < -0.4 is 4.90 Å². The molecule has 0 radical (unpaired) electrons. The third kappa shape index (κ3) is 3.82. The Bertz CT molecular complexity index is 1050. The second kappa shape index (κ2) is 8.58. The summed E-state index contributed by atoms with van der Waals surface area (Å²) in [5.41, 5.74) is 5.62. The molecule has 1 aliphatic carbocycles. The number of rotatable bonds is 3. The van der Waals surface area contributed by atoms with Crippen molar-refractivity contribution in [3.63, 3.8) is 0 Å². The molecule has 2 aliphatic heterocycles. The largest absolute Gasteiger partial charge is 0.341 e. The highest BCUT2D eigenvalue weighted by Gasteiger charge is 2.34. The Morgan fingerprint density at radius 2 is 1.84 bits per heavy atom. The fraction of sp³-hybridized carbons (Fsp3) is 0.480. The molecule has 1 aromatic heterocycles. The maximum absolute atomic E-state index is 13.2. The van der Waals surface area contributed by atoms with Crippen molar-refractivity contribution in [3.8, 4) is 0 Å². The topological polar surface area (TPSA) is 53.0 Å². The van der Waals surface area contributed by atoms with Crippen LogP contribution >= 0.6 is 11.3 Å². The van der Waals surface area contributed by atoms with Gasteiger partial charge in [0.05, 0.1) is 5.71 Å². The second-order valence-electron chi connectivity index (χ2n) is 8.79. The van der Waals surface area contributed by atoms with Crippen LogP contribution in [0.4, 0.5) is 5.00 Å². The van der Waals surface area contributed by atoms with Crippen LogP contribution in [0.5, 0.6) is 0 Å². The van der Waals surface area contributed by atoms with Crippen molar-refractivity contribution in [2.45, 2.75) is 51.9 Å². The molecule has 162 valence electrons. The van der Waals surface area contributed by atoms with E-state index < -0.39 is 0 Å². The van der Waals surface area contributed by atoms with Crippen LogP contribution in [0.15, 0.2) is 29.3 Å². The number of aliphatic imine (C=N–C) groups is 1. The molecule has 0 N–H and O–H groups in total. The minimum Gasteiger partial charge on any atom is -0.341 e. The number of fused-ring (bicyclic) bond motifs is 3. The Morgan fingerprint density at radius 3 is 2.65 bits per heavy atom. The molecule has 1 saturated heterocycles. The summed E-state index contributed by atoms with van der Waals surface area (Å²) < 4.78 is 0. The van der Waals surface area contributed by atoms with Gasteiger partial charge in [0.15, 0.2) is 0 Å². The Hall–Kier alpha value is -2.47. The number of carbonyl (C=O) groups excluding carboxylic acids is 2. The lowest BCUT2D eigenvalue weighted by Crippen LogP contribution is -2.45. The maximum Gasteiger partial charge on any atom is 0.249 e. The predicted molar refractivity (Wildman–Crippen MR) is 125 cm³/mol. The van der Waals surface area contributed by atoms with Crippen LogP contribution in [0, 0.1) is 6.92 Å². The van der Waals surface area contributed by atoms with Gasteiger partial charge in [-0.25, -0.2) is 0 Å². The fourth-order valence-corrected chi connectivity index (χ4v) is 6.41. The van der Waals surface area contributed by atoms with Gasteiger partial charge in [0, 0.05) is 29.1 Å². The summed E-state index contributed by atoms with van der Waals surface area (Å²) in [5, 5.41) is 0.932. The lowest BCUT2D eigenvalue weighted by molar-refractivity contribution is -0.132. The fourth-order valence-electron chi connectivity index (χ4n) is 5.01. The predicted octanol–water partition coefficient (Wildman–Crippen LogP) is 4.13. The Labute approximate surface area is 187 Å². The summed E-state index contributed by atoms with van der Waals surface area (Å²) in [6.45, 7) is 3.93. The summed E-state index contributed by atoms with van der Waals surface area (Å²) in [6, 6.07) is 8.27. The number of nitrogens with zero attached hydrogens (tertiary/aromatic N) is 3. The van der Waals surface area contributed by atoms with Crippen LogP contribution in [-0.2, 0) is 22.4 Å². The van der Waals surface area contributed by atoms with E-state index in [0.29, 0.717) is 0 Å². The van der Waals surface area contributed by atoms with Gasteiger partial charge in [0.1, 0.15) is 18.1 Å². The highest BCUT2D eigenvalue weighted by Crippen LogP contribution is 2.43. The average molecular weight is 436 g/mol. The molecule has 5 nitrogen and oxygen atoms in total. The first-order valence-corrected chi connectivity index (χ1v) is 12.3. The van der Waals surface area contributed by atoms with Crippen molar-refractivity contribution < 1.29 is 9.59 Å².